The van der Waals surface area contributed by atoms with E-state index in [1.54, 1.807) is 11.3 Å². The van der Waals surface area contributed by atoms with Gasteiger partial charge in [0.05, 0.1) is 5.54 Å². The Kier molecular flexibility index (Phi) is 5.16. The smallest absolute Gasteiger partial charge is 0.220 e. The van der Waals surface area contributed by atoms with Crippen LogP contribution in [-0.4, -0.2) is 24.0 Å². The number of hydrogen-bond acceptors (Lipinski definition) is 4. The fraction of sp³-hybridized carbons (Fsp3) is 0.733. The van der Waals surface area contributed by atoms with Gasteiger partial charge < -0.3 is 10.6 Å². The predicted molar refractivity (Wildman–Crippen MR) is 82.8 cm³/mol. The molecule has 0 atom stereocenters. The maximum absolute atomic E-state index is 12.1. The molecule has 4 nitrogen and oxygen atoms in total. The lowest BCUT2D eigenvalue weighted by Gasteiger charge is -2.25. The molecule has 2 N–H and O–H groups in total. The summed E-state index contributed by atoms with van der Waals surface area (Å²) in [5.74, 6) is 0.841. The maximum Gasteiger partial charge on any atom is 0.220 e. The first kappa shape index (κ1) is 15.4. The minimum atomic E-state index is -0.371. The van der Waals surface area contributed by atoms with E-state index in [9.17, 15) is 4.79 Å². The average Bonchev–Trinajstić information content (AvgIpc) is 2.85. The van der Waals surface area contributed by atoms with Gasteiger partial charge in [-0.3, -0.25) is 4.79 Å². The lowest BCUT2D eigenvalue weighted by Crippen LogP contribution is -2.41. The fourth-order valence-electron chi connectivity index (χ4n) is 2.61. The first-order chi connectivity index (χ1) is 9.47. The highest BCUT2D eigenvalue weighted by Crippen LogP contribution is 2.25. The van der Waals surface area contributed by atoms with Crippen LogP contribution in [0.4, 0.5) is 0 Å². The SMILES string of the molecule is Cc1cnc(C(C)(C)NC(=O)CCC2CCNCC2)s1. The maximum atomic E-state index is 12.1. The number of nitrogens with zero attached hydrogens (tertiary/aromatic N) is 1. The molecule has 1 fully saturated rings. The van der Waals surface area contributed by atoms with Crippen molar-refractivity contribution in [1.29, 1.82) is 0 Å². The quantitative estimate of drug-likeness (QED) is 0.878. The summed E-state index contributed by atoms with van der Waals surface area (Å²) in [6.07, 6.45) is 5.88. The van der Waals surface area contributed by atoms with Crippen LogP contribution >= 0.6 is 11.3 Å². The minimum absolute atomic E-state index is 0.140. The lowest BCUT2D eigenvalue weighted by molar-refractivity contribution is -0.123. The Labute approximate surface area is 125 Å². The van der Waals surface area contributed by atoms with Gasteiger partial charge in [0.15, 0.2) is 0 Å². The molecule has 1 aromatic heterocycles. The van der Waals surface area contributed by atoms with E-state index in [1.807, 2.05) is 27.0 Å². The Morgan fingerprint density at radius 1 is 1.50 bits per heavy atom. The number of aryl methyl sites for hydroxylation is 1. The fourth-order valence-corrected chi connectivity index (χ4v) is 3.44. The first-order valence-corrected chi connectivity index (χ1v) is 8.23. The van der Waals surface area contributed by atoms with Crippen LogP contribution in [0, 0.1) is 12.8 Å². The van der Waals surface area contributed by atoms with Crippen molar-refractivity contribution in [2.75, 3.05) is 13.1 Å². The molecule has 1 aliphatic rings. The number of piperidine rings is 1. The Morgan fingerprint density at radius 2 is 2.20 bits per heavy atom. The average molecular weight is 295 g/mol. The topological polar surface area (TPSA) is 54.0 Å². The number of amides is 1. The van der Waals surface area contributed by atoms with Gasteiger partial charge in [-0.15, -0.1) is 11.3 Å². The second-order valence-corrected chi connectivity index (χ2v) is 7.42. The molecule has 1 aliphatic heterocycles. The monoisotopic (exact) mass is 295 g/mol. The third-order valence-electron chi connectivity index (χ3n) is 3.85. The molecule has 112 valence electrons. The zero-order valence-electron chi connectivity index (χ0n) is 12.7. The summed E-state index contributed by atoms with van der Waals surface area (Å²) in [5.41, 5.74) is -0.371. The number of nitrogens with one attached hydrogen (secondary N) is 2. The summed E-state index contributed by atoms with van der Waals surface area (Å²) in [4.78, 5) is 17.7. The molecule has 1 aromatic rings. The number of aromatic nitrogens is 1. The molecule has 1 amide bonds. The van der Waals surface area contributed by atoms with Crippen molar-refractivity contribution < 1.29 is 4.79 Å². The molecule has 5 heteroatoms. The van der Waals surface area contributed by atoms with E-state index in [4.69, 9.17) is 0 Å². The van der Waals surface area contributed by atoms with Crippen LogP contribution in [0.1, 0.15) is 49.4 Å². The van der Waals surface area contributed by atoms with Gasteiger partial charge in [-0.2, -0.15) is 0 Å². The molecule has 0 unspecified atom stereocenters. The van der Waals surface area contributed by atoms with E-state index in [2.05, 4.69) is 15.6 Å². The van der Waals surface area contributed by atoms with Crippen molar-refractivity contribution in [1.82, 2.24) is 15.6 Å². The van der Waals surface area contributed by atoms with Crippen molar-refractivity contribution in [2.45, 2.75) is 52.0 Å². The van der Waals surface area contributed by atoms with Crippen molar-refractivity contribution in [3.05, 3.63) is 16.1 Å². The second-order valence-electron chi connectivity index (χ2n) is 6.18. The summed E-state index contributed by atoms with van der Waals surface area (Å²) in [6.45, 7) is 8.27. The predicted octanol–water partition coefficient (Wildman–Crippen LogP) is 2.58. The third-order valence-corrected chi connectivity index (χ3v) is 5.08. The van der Waals surface area contributed by atoms with Crippen LogP contribution in [0.5, 0.6) is 0 Å². The molecule has 0 saturated carbocycles. The molecule has 2 heterocycles. The largest absolute Gasteiger partial charge is 0.345 e. The Hall–Kier alpha value is -0.940. The van der Waals surface area contributed by atoms with E-state index < -0.39 is 0 Å². The van der Waals surface area contributed by atoms with Gasteiger partial charge in [0.25, 0.3) is 0 Å². The Morgan fingerprint density at radius 3 is 2.80 bits per heavy atom. The molecule has 0 radical (unpaired) electrons. The number of carbonyl (C=O) groups is 1. The summed E-state index contributed by atoms with van der Waals surface area (Å²) in [6, 6.07) is 0. The highest BCUT2D eigenvalue weighted by Gasteiger charge is 2.26. The first-order valence-electron chi connectivity index (χ1n) is 7.42. The number of rotatable bonds is 5. The summed E-state index contributed by atoms with van der Waals surface area (Å²) < 4.78 is 0. The third kappa shape index (κ3) is 4.28. The van der Waals surface area contributed by atoms with Gasteiger partial charge in [-0.25, -0.2) is 4.98 Å². The van der Waals surface area contributed by atoms with Crippen LogP contribution in [0.25, 0.3) is 0 Å². The van der Waals surface area contributed by atoms with Crippen molar-refractivity contribution in [3.8, 4) is 0 Å². The van der Waals surface area contributed by atoms with E-state index in [0.29, 0.717) is 12.3 Å². The molecule has 0 spiro atoms. The van der Waals surface area contributed by atoms with Gasteiger partial charge in [-0.1, -0.05) is 0 Å². The van der Waals surface area contributed by atoms with Crippen LogP contribution in [0.2, 0.25) is 0 Å². The van der Waals surface area contributed by atoms with Crippen LogP contribution in [0.3, 0.4) is 0 Å². The number of thiazole rings is 1. The minimum Gasteiger partial charge on any atom is -0.345 e. The Bertz CT molecular complexity index is 450. The zero-order valence-corrected chi connectivity index (χ0v) is 13.5. The summed E-state index contributed by atoms with van der Waals surface area (Å²) >= 11 is 1.65. The molecule has 0 aliphatic carbocycles. The van der Waals surface area contributed by atoms with Crippen molar-refractivity contribution >= 4 is 17.2 Å². The van der Waals surface area contributed by atoms with Crippen LogP contribution in [0.15, 0.2) is 6.20 Å². The van der Waals surface area contributed by atoms with Crippen molar-refractivity contribution in [2.24, 2.45) is 5.92 Å². The molecule has 2 rings (SSSR count). The van der Waals surface area contributed by atoms with Gasteiger partial charge in [0.1, 0.15) is 5.01 Å². The standard InChI is InChI=1S/C15H25N3OS/c1-11-10-17-14(20-11)15(2,3)18-13(19)5-4-12-6-8-16-9-7-12/h10,12,16H,4-9H2,1-3H3,(H,18,19). The summed E-state index contributed by atoms with van der Waals surface area (Å²) in [5, 5.41) is 7.45. The highest BCUT2D eigenvalue weighted by molar-refractivity contribution is 7.11. The number of hydrogen-bond donors (Lipinski definition) is 2. The molecule has 20 heavy (non-hydrogen) atoms. The highest BCUT2D eigenvalue weighted by atomic mass is 32.1. The van der Waals surface area contributed by atoms with E-state index in [-0.39, 0.29) is 11.4 Å². The molecule has 1 saturated heterocycles. The van der Waals surface area contributed by atoms with E-state index in [1.165, 1.54) is 17.7 Å². The molecule has 0 bridgehead atoms. The van der Waals surface area contributed by atoms with Crippen LogP contribution in [-0.2, 0) is 10.3 Å². The Balaban J connectivity index is 1.81. The van der Waals surface area contributed by atoms with E-state index in [0.717, 1.165) is 24.5 Å². The van der Waals surface area contributed by atoms with Gasteiger partial charge in [0, 0.05) is 17.5 Å². The van der Waals surface area contributed by atoms with Gasteiger partial charge in [-0.05, 0) is 59.0 Å². The van der Waals surface area contributed by atoms with Crippen LogP contribution < -0.4 is 10.6 Å². The normalized spacial score (nSPS) is 17.1. The second kappa shape index (κ2) is 6.68. The molecule has 0 aromatic carbocycles. The van der Waals surface area contributed by atoms with Gasteiger partial charge >= 0.3 is 0 Å². The van der Waals surface area contributed by atoms with Crippen molar-refractivity contribution in [3.63, 3.8) is 0 Å². The van der Waals surface area contributed by atoms with E-state index >= 15 is 0 Å². The molecular formula is C15H25N3OS. The number of carbonyl (C=O) groups excluding carboxylic acids is 1. The molecular weight excluding hydrogens is 270 g/mol. The lowest BCUT2D eigenvalue weighted by atomic mass is 9.93. The summed E-state index contributed by atoms with van der Waals surface area (Å²) in [7, 11) is 0. The zero-order chi connectivity index (χ0) is 14.6. The van der Waals surface area contributed by atoms with Gasteiger partial charge in [0.2, 0.25) is 5.91 Å².